The number of benzene rings is 1. The molecular formula is C22H30ClNOS. The highest BCUT2D eigenvalue weighted by Gasteiger charge is 2.40. The largest absolute Gasteiger partial charge is 0.376 e. The summed E-state index contributed by atoms with van der Waals surface area (Å²) in [5.41, 5.74) is 1.42. The number of thiophene rings is 1. The molecular weight excluding hydrogens is 362 g/mol. The number of halogens is 1. The molecule has 2 heterocycles. The van der Waals surface area contributed by atoms with Gasteiger partial charge >= 0.3 is 0 Å². The van der Waals surface area contributed by atoms with Crippen molar-refractivity contribution in [2.24, 2.45) is 5.41 Å². The topological polar surface area (TPSA) is 21.3 Å². The van der Waals surface area contributed by atoms with Crippen molar-refractivity contribution in [3.63, 3.8) is 0 Å². The van der Waals surface area contributed by atoms with Crippen LogP contribution in [0.15, 0.2) is 41.8 Å². The highest BCUT2D eigenvalue weighted by atomic mass is 35.5. The van der Waals surface area contributed by atoms with Crippen molar-refractivity contribution < 1.29 is 4.74 Å². The van der Waals surface area contributed by atoms with Gasteiger partial charge in [0.2, 0.25) is 0 Å². The van der Waals surface area contributed by atoms with E-state index in [9.17, 15) is 0 Å². The molecule has 0 spiro atoms. The summed E-state index contributed by atoms with van der Waals surface area (Å²) in [5, 5.41) is 6.75. The van der Waals surface area contributed by atoms with E-state index in [2.05, 4.69) is 55.7 Å². The van der Waals surface area contributed by atoms with Crippen molar-refractivity contribution in [3.8, 4) is 0 Å². The van der Waals surface area contributed by atoms with Crippen molar-refractivity contribution in [1.29, 1.82) is 0 Å². The zero-order chi connectivity index (χ0) is 18.6. The van der Waals surface area contributed by atoms with Crippen molar-refractivity contribution in [2.75, 3.05) is 13.2 Å². The summed E-state index contributed by atoms with van der Waals surface area (Å²) in [6, 6.07) is 13.0. The Morgan fingerprint density at radius 2 is 2.04 bits per heavy atom. The zero-order valence-corrected chi connectivity index (χ0v) is 17.6. The van der Waals surface area contributed by atoms with E-state index in [1.807, 2.05) is 23.5 Å². The Morgan fingerprint density at radius 3 is 2.73 bits per heavy atom. The predicted molar refractivity (Wildman–Crippen MR) is 112 cm³/mol. The first-order chi connectivity index (χ1) is 12.4. The average molecular weight is 392 g/mol. The number of hydrogen-bond acceptors (Lipinski definition) is 3. The van der Waals surface area contributed by atoms with E-state index >= 15 is 0 Å². The van der Waals surface area contributed by atoms with Gasteiger partial charge in [0.05, 0.1) is 5.60 Å². The molecule has 2 nitrogen and oxygen atoms in total. The van der Waals surface area contributed by atoms with E-state index < -0.39 is 0 Å². The molecule has 1 N–H and O–H groups in total. The second-order valence-electron chi connectivity index (χ2n) is 8.24. The second kappa shape index (κ2) is 8.43. The van der Waals surface area contributed by atoms with Crippen molar-refractivity contribution in [3.05, 3.63) is 57.2 Å². The van der Waals surface area contributed by atoms with Gasteiger partial charge in [-0.25, -0.2) is 0 Å². The Labute approximate surface area is 166 Å². The molecule has 0 aliphatic carbocycles. The van der Waals surface area contributed by atoms with Crippen LogP contribution in [0.25, 0.3) is 0 Å². The first-order valence-corrected chi connectivity index (χ1v) is 10.8. The molecule has 142 valence electrons. The molecule has 2 aromatic rings. The minimum absolute atomic E-state index is 0.0706. The van der Waals surface area contributed by atoms with Gasteiger partial charge in [-0.1, -0.05) is 35.9 Å². The van der Waals surface area contributed by atoms with Crippen LogP contribution >= 0.6 is 22.9 Å². The summed E-state index contributed by atoms with van der Waals surface area (Å²) in [6.45, 7) is 8.53. The standard InChI is InChI=1S/C22H30ClNOS/c1-17(20-9-6-14-26-20)24-12-10-22(11-13-25-21(2,3)16-22)15-18-7-4-5-8-19(18)23/h4-9,14,17,24H,10-13,15-16H2,1-3H3/t17-,22-/m1/s1. The lowest BCUT2D eigenvalue weighted by Crippen LogP contribution is -2.44. The summed E-state index contributed by atoms with van der Waals surface area (Å²) in [4.78, 5) is 1.40. The molecule has 0 amide bonds. The van der Waals surface area contributed by atoms with Crippen LogP contribution in [-0.2, 0) is 11.2 Å². The number of ether oxygens (including phenoxy) is 1. The van der Waals surface area contributed by atoms with Gasteiger partial charge in [-0.05, 0) is 81.5 Å². The van der Waals surface area contributed by atoms with Crippen molar-refractivity contribution >= 4 is 22.9 Å². The van der Waals surface area contributed by atoms with Gasteiger partial charge in [-0.2, -0.15) is 0 Å². The summed E-state index contributed by atoms with van der Waals surface area (Å²) in [7, 11) is 0. The van der Waals surface area contributed by atoms with Crippen molar-refractivity contribution in [1.82, 2.24) is 5.32 Å². The van der Waals surface area contributed by atoms with Gasteiger partial charge in [0.1, 0.15) is 0 Å². The lowest BCUT2D eigenvalue weighted by Gasteiger charge is -2.45. The quantitative estimate of drug-likeness (QED) is 0.601. The van der Waals surface area contributed by atoms with E-state index in [0.717, 1.165) is 43.9 Å². The van der Waals surface area contributed by atoms with Crippen LogP contribution < -0.4 is 5.32 Å². The van der Waals surface area contributed by atoms with Crippen LogP contribution in [0.3, 0.4) is 0 Å². The number of hydrogen-bond donors (Lipinski definition) is 1. The maximum atomic E-state index is 6.48. The maximum absolute atomic E-state index is 6.48. The summed E-state index contributed by atoms with van der Waals surface area (Å²) < 4.78 is 6.02. The van der Waals surface area contributed by atoms with Crippen LogP contribution in [0.5, 0.6) is 0 Å². The van der Waals surface area contributed by atoms with Crippen molar-refractivity contribution in [2.45, 2.75) is 58.1 Å². The minimum Gasteiger partial charge on any atom is -0.376 e. The molecule has 0 unspecified atom stereocenters. The van der Waals surface area contributed by atoms with Gasteiger partial charge in [0, 0.05) is 22.5 Å². The number of nitrogens with one attached hydrogen (secondary N) is 1. The lowest BCUT2D eigenvalue weighted by atomic mass is 9.68. The fourth-order valence-corrected chi connectivity index (χ4v) is 5.24. The molecule has 0 saturated carbocycles. The zero-order valence-electron chi connectivity index (χ0n) is 16.1. The summed E-state index contributed by atoms with van der Waals surface area (Å²) in [6.07, 6.45) is 4.33. The third kappa shape index (κ3) is 5.10. The molecule has 1 aliphatic heterocycles. The fraction of sp³-hybridized carbons (Fsp3) is 0.545. The van der Waals surface area contributed by atoms with E-state index in [1.165, 1.54) is 10.4 Å². The molecule has 1 aliphatic rings. The second-order valence-corrected chi connectivity index (χ2v) is 9.63. The highest BCUT2D eigenvalue weighted by Crippen LogP contribution is 2.44. The van der Waals surface area contributed by atoms with Crippen LogP contribution in [0.2, 0.25) is 5.02 Å². The molecule has 0 radical (unpaired) electrons. The van der Waals surface area contributed by atoms with Crippen LogP contribution in [0.1, 0.15) is 56.5 Å². The normalized spacial score (nSPS) is 23.7. The molecule has 1 fully saturated rings. The first-order valence-electron chi connectivity index (χ1n) is 9.53. The van der Waals surface area contributed by atoms with E-state index in [-0.39, 0.29) is 11.0 Å². The molecule has 4 heteroatoms. The Bertz CT molecular complexity index is 700. The monoisotopic (exact) mass is 391 g/mol. The third-order valence-corrected chi connectivity index (χ3v) is 6.95. The van der Waals surface area contributed by atoms with Gasteiger partial charge in [-0.15, -0.1) is 11.3 Å². The maximum Gasteiger partial charge on any atom is 0.0631 e. The van der Waals surface area contributed by atoms with Gasteiger partial charge in [0.25, 0.3) is 0 Å². The Kier molecular flexibility index (Phi) is 6.45. The Hall–Kier alpha value is -0.870. The number of rotatable bonds is 7. The lowest BCUT2D eigenvalue weighted by molar-refractivity contribution is -0.107. The van der Waals surface area contributed by atoms with E-state index in [1.54, 1.807) is 0 Å². The highest BCUT2D eigenvalue weighted by molar-refractivity contribution is 7.10. The summed E-state index contributed by atoms with van der Waals surface area (Å²) in [5.74, 6) is 0. The van der Waals surface area contributed by atoms with E-state index in [4.69, 9.17) is 16.3 Å². The van der Waals surface area contributed by atoms with Crippen LogP contribution in [0, 0.1) is 5.41 Å². The smallest absolute Gasteiger partial charge is 0.0631 e. The average Bonchev–Trinajstić information content (AvgIpc) is 3.11. The SMILES string of the molecule is C[C@@H](NCC[C@]1(Cc2ccccc2Cl)CCOC(C)(C)C1)c1cccs1. The third-order valence-electron chi connectivity index (χ3n) is 5.53. The Balaban J connectivity index is 1.70. The minimum atomic E-state index is -0.0706. The van der Waals surface area contributed by atoms with Crippen LogP contribution in [-0.4, -0.2) is 18.8 Å². The first kappa shape index (κ1) is 19.9. The molecule has 2 atom stereocenters. The molecule has 3 rings (SSSR count). The van der Waals surface area contributed by atoms with Gasteiger partial charge < -0.3 is 10.1 Å². The Morgan fingerprint density at radius 1 is 1.23 bits per heavy atom. The molecule has 0 bridgehead atoms. The van der Waals surface area contributed by atoms with Gasteiger partial charge in [0.15, 0.2) is 0 Å². The van der Waals surface area contributed by atoms with E-state index in [0.29, 0.717) is 6.04 Å². The molecule has 1 saturated heterocycles. The molecule has 26 heavy (non-hydrogen) atoms. The molecule has 1 aromatic heterocycles. The summed E-state index contributed by atoms with van der Waals surface area (Å²) >= 11 is 8.30. The predicted octanol–water partition coefficient (Wildman–Crippen LogP) is 6.26. The fourth-order valence-electron chi connectivity index (χ4n) is 4.28. The van der Waals surface area contributed by atoms with Gasteiger partial charge in [-0.3, -0.25) is 0 Å². The van der Waals surface area contributed by atoms with Crippen LogP contribution in [0.4, 0.5) is 0 Å². The molecule has 1 aromatic carbocycles.